The summed E-state index contributed by atoms with van der Waals surface area (Å²) in [6, 6.07) is 0. The molecule has 0 bridgehead atoms. The largest absolute Gasteiger partial charge is 0.393 e. The average molecular weight is 255 g/mol. The molecule has 1 N–H and O–H groups in total. The van der Waals surface area contributed by atoms with Gasteiger partial charge < -0.3 is 10.0 Å². The Hall–Kier alpha value is -0.570. The molecule has 1 aliphatic heterocycles. The van der Waals surface area contributed by atoms with Crippen LogP contribution in [-0.4, -0.2) is 35.1 Å². The van der Waals surface area contributed by atoms with E-state index in [1.54, 1.807) is 6.92 Å². The van der Waals surface area contributed by atoms with Crippen molar-refractivity contribution in [1.29, 1.82) is 0 Å². The molecule has 2 unspecified atom stereocenters. The zero-order valence-electron chi connectivity index (χ0n) is 12.4. The Labute approximate surface area is 112 Å². The maximum atomic E-state index is 12.0. The van der Waals surface area contributed by atoms with E-state index in [0.29, 0.717) is 24.2 Å². The highest BCUT2D eigenvalue weighted by Crippen LogP contribution is 2.34. The summed E-state index contributed by atoms with van der Waals surface area (Å²) in [6.45, 7) is 10.4. The highest BCUT2D eigenvalue weighted by molar-refractivity contribution is 5.76. The minimum atomic E-state index is -0.372. The molecular formula is C15H29NO2. The Morgan fingerprint density at radius 2 is 2.00 bits per heavy atom. The molecule has 18 heavy (non-hydrogen) atoms. The highest BCUT2D eigenvalue weighted by Gasteiger charge is 2.28. The van der Waals surface area contributed by atoms with Gasteiger partial charge in [-0.05, 0) is 43.9 Å². The predicted octanol–water partition coefficient (Wildman–Crippen LogP) is 2.82. The Bertz CT molecular complexity index is 268. The number of likely N-dealkylation sites (tertiary alicyclic amines) is 1. The normalized spacial score (nSPS) is 23.6. The number of aliphatic hydroxyl groups is 1. The van der Waals surface area contributed by atoms with E-state index in [1.165, 1.54) is 6.42 Å². The fourth-order valence-electron chi connectivity index (χ4n) is 2.70. The van der Waals surface area contributed by atoms with Crippen LogP contribution in [0.2, 0.25) is 0 Å². The van der Waals surface area contributed by atoms with Crippen molar-refractivity contribution in [2.24, 2.45) is 11.3 Å². The average Bonchev–Trinajstić information content (AvgIpc) is 2.50. The second kappa shape index (κ2) is 6.55. The molecule has 0 aromatic heterocycles. The van der Waals surface area contributed by atoms with E-state index in [2.05, 4.69) is 20.8 Å². The van der Waals surface area contributed by atoms with Crippen LogP contribution < -0.4 is 0 Å². The third kappa shape index (κ3) is 4.97. The van der Waals surface area contributed by atoms with Gasteiger partial charge in [0.15, 0.2) is 0 Å². The van der Waals surface area contributed by atoms with E-state index in [0.717, 1.165) is 25.9 Å². The summed E-state index contributed by atoms with van der Waals surface area (Å²) in [5.74, 6) is 0.928. The van der Waals surface area contributed by atoms with Gasteiger partial charge in [-0.15, -0.1) is 0 Å². The molecule has 0 aliphatic carbocycles. The van der Waals surface area contributed by atoms with E-state index < -0.39 is 0 Å². The summed E-state index contributed by atoms with van der Waals surface area (Å²) in [5.41, 5.74) is 0.346. The molecule has 0 spiro atoms. The van der Waals surface area contributed by atoms with Crippen LogP contribution in [0.25, 0.3) is 0 Å². The first-order valence-corrected chi connectivity index (χ1v) is 7.26. The lowest BCUT2D eigenvalue weighted by Gasteiger charge is -2.29. The molecule has 3 heteroatoms. The molecule has 106 valence electrons. The van der Waals surface area contributed by atoms with Crippen LogP contribution in [0.4, 0.5) is 0 Å². The van der Waals surface area contributed by atoms with Crippen LogP contribution in [0.5, 0.6) is 0 Å². The Kier molecular flexibility index (Phi) is 5.64. The monoisotopic (exact) mass is 255 g/mol. The van der Waals surface area contributed by atoms with E-state index in [1.807, 2.05) is 4.90 Å². The number of hydrogen-bond donors (Lipinski definition) is 1. The zero-order chi connectivity index (χ0) is 13.8. The lowest BCUT2D eigenvalue weighted by Crippen LogP contribution is -2.32. The number of nitrogens with zero attached hydrogens (tertiary/aromatic N) is 1. The Morgan fingerprint density at radius 3 is 2.56 bits per heavy atom. The number of carbonyl (C=O) groups excluding carboxylic acids is 1. The van der Waals surface area contributed by atoms with Gasteiger partial charge in [0.1, 0.15) is 0 Å². The second-order valence-electron chi connectivity index (χ2n) is 6.76. The molecule has 2 atom stereocenters. The second-order valence-corrected chi connectivity index (χ2v) is 6.76. The number of carbonyl (C=O) groups is 1. The third-order valence-corrected chi connectivity index (χ3v) is 4.08. The SMILES string of the molecule is CC(O)CCC(=O)N1CCCC(C(C)(C)C)CC1. The smallest absolute Gasteiger partial charge is 0.222 e. The maximum absolute atomic E-state index is 12.0. The highest BCUT2D eigenvalue weighted by atomic mass is 16.3. The Balaban J connectivity index is 2.44. The van der Waals surface area contributed by atoms with Crippen LogP contribution in [0, 0.1) is 11.3 Å². The van der Waals surface area contributed by atoms with Crippen molar-refractivity contribution in [2.75, 3.05) is 13.1 Å². The number of aliphatic hydroxyl groups excluding tert-OH is 1. The van der Waals surface area contributed by atoms with Crippen molar-refractivity contribution in [3.8, 4) is 0 Å². The summed E-state index contributed by atoms with van der Waals surface area (Å²) < 4.78 is 0. The molecule has 0 aromatic rings. The van der Waals surface area contributed by atoms with Crippen LogP contribution >= 0.6 is 0 Å². The summed E-state index contributed by atoms with van der Waals surface area (Å²) in [5, 5.41) is 9.23. The standard InChI is InChI=1S/C15H29NO2/c1-12(17)7-8-14(18)16-10-5-6-13(9-11-16)15(2,3)4/h12-13,17H,5-11H2,1-4H3. The molecule has 1 saturated heterocycles. The zero-order valence-corrected chi connectivity index (χ0v) is 12.4. The molecule has 0 saturated carbocycles. The van der Waals surface area contributed by atoms with Crippen molar-refractivity contribution in [3.63, 3.8) is 0 Å². The molecule has 1 rings (SSSR count). The number of rotatable bonds is 3. The topological polar surface area (TPSA) is 40.5 Å². The van der Waals surface area contributed by atoms with Gasteiger partial charge >= 0.3 is 0 Å². The molecular weight excluding hydrogens is 226 g/mol. The van der Waals surface area contributed by atoms with Crippen molar-refractivity contribution in [3.05, 3.63) is 0 Å². The lowest BCUT2D eigenvalue weighted by molar-refractivity contribution is -0.131. The van der Waals surface area contributed by atoms with Gasteiger partial charge in [-0.3, -0.25) is 4.79 Å². The number of amides is 1. The summed E-state index contributed by atoms with van der Waals surface area (Å²) in [6.07, 6.45) is 4.15. The number of hydrogen-bond acceptors (Lipinski definition) is 2. The first-order chi connectivity index (χ1) is 8.30. The van der Waals surface area contributed by atoms with Gasteiger partial charge in [0.05, 0.1) is 6.10 Å². The minimum absolute atomic E-state index is 0.213. The van der Waals surface area contributed by atoms with E-state index >= 15 is 0 Å². The predicted molar refractivity (Wildman–Crippen MR) is 74.3 cm³/mol. The minimum Gasteiger partial charge on any atom is -0.393 e. The van der Waals surface area contributed by atoms with Crippen molar-refractivity contribution in [2.45, 2.75) is 65.9 Å². The quantitative estimate of drug-likeness (QED) is 0.842. The van der Waals surface area contributed by atoms with Crippen LogP contribution in [0.1, 0.15) is 59.8 Å². The first-order valence-electron chi connectivity index (χ1n) is 7.26. The fourth-order valence-corrected chi connectivity index (χ4v) is 2.70. The summed E-state index contributed by atoms with van der Waals surface area (Å²) in [4.78, 5) is 14.0. The van der Waals surface area contributed by atoms with Crippen molar-refractivity contribution in [1.82, 2.24) is 4.90 Å². The van der Waals surface area contributed by atoms with Crippen LogP contribution in [-0.2, 0) is 4.79 Å². The first kappa shape index (κ1) is 15.5. The van der Waals surface area contributed by atoms with Gasteiger partial charge in [-0.1, -0.05) is 20.8 Å². The van der Waals surface area contributed by atoms with E-state index in [9.17, 15) is 9.90 Å². The molecule has 3 nitrogen and oxygen atoms in total. The van der Waals surface area contributed by atoms with Crippen molar-refractivity contribution >= 4 is 5.91 Å². The van der Waals surface area contributed by atoms with E-state index in [-0.39, 0.29) is 12.0 Å². The molecule has 1 heterocycles. The molecule has 1 amide bonds. The van der Waals surface area contributed by atoms with Crippen LogP contribution in [0.15, 0.2) is 0 Å². The molecule has 1 fully saturated rings. The Morgan fingerprint density at radius 1 is 1.33 bits per heavy atom. The van der Waals surface area contributed by atoms with Crippen LogP contribution in [0.3, 0.4) is 0 Å². The fraction of sp³-hybridized carbons (Fsp3) is 0.933. The summed E-state index contributed by atoms with van der Waals surface area (Å²) >= 11 is 0. The van der Waals surface area contributed by atoms with E-state index in [4.69, 9.17) is 0 Å². The molecule has 1 aliphatic rings. The van der Waals surface area contributed by atoms with Gasteiger partial charge in [0.25, 0.3) is 0 Å². The van der Waals surface area contributed by atoms with Crippen molar-refractivity contribution < 1.29 is 9.90 Å². The molecule has 0 aromatic carbocycles. The van der Waals surface area contributed by atoms with Gasteiger partial charge in [-0.25, -0.2) is 0 Å². The lowest BCUT2D eigenvalue weighted by atomic mass is 9.77. The maximum Gasteiger partial charge on any atom is 0.222 e. The third-order valence-electron chi connectivity index (χ3n) is 4.08. The molecule has 0 radical (unpaired) electrons. The summed E-state index contributed by atoms with van der Waals surface area (Å²) in [7, 11) is 0. The van der Waals surface area contributed by atoms with Gasteiger partial charge in [0, 0.05) is 19.5 Å². The van der Waals surface area contributed by atoms with Gasteiger partial charge in [0.2, 0.25) is 5.91 Å². The van der Waals surface area contributed by atoms with Gasteiger partial charge in [-0.2, -0.15) is 0 Å².